The summed E-state index contributed by atoms with van der Waals surface area (Å²) in [7, 11) is 0. The highest BCUT2D eigenvalue weighted by Gasteiger charge is 2.12. The van der Waals surface area contributed by atoms with E-state index in [9.17, 15) is 5.11 Å². The minimum atomic E-state index is -0.475. The second-order valence-corrected chi connectivity index (χ2v) is 5.78. The van der Waals surface area contributed by atoms with E-state index in [0.29, 0.717) is 6.42 Å². The third-order valence-electron chi connectivity index (χ3n) is 3.89. The van der Waals surface area contributed by atoms with E-state index < -0.39 is 6.10 Å². The van der Waals surface area contributed by atoms with Gasteiger partial charge in [0.05, 0.1) is 6.10 Å². The van der Waals surface area contributed by atoms with Gasteiger partial charge in [0.25, 0.3) is 0 Å². The predicted molar refractivity (Wildman–Crippen MR) is 88.5 cm³/mol. The molecule has 1 unspecified atom stereocenters. The summed E-state index contributed by atoms with van der Waals surface area (Å²) >= 11 is 0. The molecular weight excluding hydrogens is 256 g/mol. The van der Waals surface area contributed by atoms with E-state index in [1.165, 1.54) is 22.1 Å². The Morgan fingerprint density at radius 3 is 2.29 bits per heavy atom. The molecule has 0 aromatic heterocycles. The molecule has 106 valence electrons. The fraction of sp³-hybridized carbons (Fsp3) is 0.200. The fourth-order valence-electron chi connectivity index (χ4n) is 3.06. The van der Waals surface area contributed by atoms with Gasteiger partial charge in [0.1, 0.15) is 0 Å². The van der Waals surface area contributed by atoms with Gasteiger partial charge in [-0.05, 0) is 35.7 Å². The van der Waals surface area contributed by atoms with Gasteiger partial charge in [-0.1, -0.05) is 71.8 Å². The first-order valence-electron chi connectivity index (χ1n) is 7.36. The van der Waals surface area contributed by atoms with Crippen molar-refractivity contribution in [2.75, 3.05) is 0 Å². The smallest absolute Gasteiger partial charge is 0.0836 e. The summed E-state index contributed by atoms with van der Waals surface area (Å²) in [5.41, 5.74) is 4.69. The Balaban J connectivity index is 1.95. The number of hydrogen-bond donors (Lipinski definition) is 1. The highest BCUT2D eigenvalue weighted by atomic mass is 16.3. The molecule has 0 aliphatic rings. The van der Waals surface area contributed by atoms with Crippen LogP contribution >= 0.6 is 0 Å². The van der Waals surface area contributed by atoms with Gasteiger partial charge in [0.15, 0.2) is 0 Å². The largest absolute Gasteiger partial charge is 0.388 e. The molecule has 0 radical (unpaired) electrons. The molecule has 1 atom stereocenters. The van der Waals surface area contributed by atoms with E-state index in [1.54, 1.807) is 0 Å². The summed E-state index contributed by atoms with van der Waals surface area (Å²) in [5.74, 6) is 0. The number of hydrogen-bond acceptors (Lipinski definition) is 1. The van der Waals surface area contributed by atoms with Crippen LogP contribution < -0.4 is 0 Å². The summed E-state index contributed by atoms with van der Waals surface area (Å²) in [5, 5.41) is 13.0. The van der Waals surface area contributed by atoms with Gasteiger partial charge in [-0.2, -0.15) is 0 Å². The summed E-state index contributed by atoms with van der Waals surface area (Å²) < 4.78 is 0. The van der Waals surface area contributed by atoms with Crippen molar-refractivity contribution in [2.24, 2.45) is 0 Å². The number of aliphatic hydroxyl groups is 1. The van der Waals surface area contributed by atoms with Gasteiger partial charge in [-0.25, -0.2) is 0 Å². The van der Waals surface area contributed by atoms with Gasteiger partial charge < -0.3 is 5.11 Å². The molecule has 0 bridgehead atoms. The molecule has 1 heteroatoms. The Bertz CT molecular complexity index is 748. The number of fused-ring (bicyclic) bond motifs is 1. The van der Waals surface area contributed by atoms with Crippen molar-refractivity contribution < 1.29 is 5.11 Å². The maximum Gasteiger partial charge on any atom is 0.0836 e. The third-order valence-corrected chi connectivity index (χ3v) is 3.89. The second kappa shape index (κ2) is 5.71. The van der Waals surface area contributed by atoms with Crippen LogP contribution in [0.4, 0.5) is 0 Å². The molecule has 3 aromatic carbocycles. The third kappa shape index (κ3) is 2.98. The first kappa shape index (κ1) is 13.8. The van der Waals surface area contributed by atoms with Crippen LogP contribution in [-0.4, -0.2) is 5.11 Å². The molecule has 0 aliphatic heterocycles. The normalized spacial score (nSPS) is 12.5. The van der Waals surface area contributed by atoms with Crippen molar-refractivity contribution in [3.63, 3.8) is 0 Å². The zero-order chi connectivity index (χ0) is 14.8. The van der Waals surface area contributed by atoms with Crippen molar-refractivity contribution in [1.29, 1.82) is 0 Å². The van der Waals surface area contributed by atoms with Gasteiger partial charge in [-0.15, -0.1) is 0 Å². The quantitative estimate of drug-likeness (QED) is 0.733. The Hall–Kier alpha value is -2.12. The average molecular weight is 276 g/mol. The zero-order valence-electron chi connectivity index (χ0n) is 12.5. The standard InChI is InChI=1S/C20H20O/c1-14-10-15(2)12-16(11-14)13-20(21)19-9-5-7-17-6-3-4-8-18(17)19/h3-12,20-21H,13H2,1-2H3. The summed E-state index contributed by atoms with van der Waals surface area (Å²) in [6.07, 6.45) is 0.175. The van der Waals surface area contributed by atoms with E-state index in [1.807, 2.05) is 24.3 Å². The first-order valence-corrected chi connectivity index (χ1v) is 7.36. The second-order valence-electron chi connectivity index (χ2n) is 5.78. The van der Waals surface area contributed by atoms with Crippen molar-refractivity contribution >= 4 is 10.8 Å². The monoisotopic (exact) mass is 276 g/mol. The van der Waals surface area contributed by atoms with Crippen LogP contribution in [0.5, 0.6) is 0 Å². The number of aryl methyl sites for hydroxylation is 2. The van der Waals surface area contributed by atoms with Crippen LogP contribution in [0.15, 0.2) is 60.7 Å². The van der Waals surface area contributed by atoms with Crippen LogP contribution in [0.25, 0.3) is 10.8 Å². The molecule has 0 heterocycles. The molecule has 0 amide bonds. The highest BCUT2D eigenvalue weighted by molar-refractivity contribution is 5.86. The van der Waals surface area contributed by atoms with Gasteiger partial charge in [-0.3, -0.25) is 0 Å². The molecule has 3 rings (SSSR count). The molecule has 0 saturated heterocycles. The SMILES string of the molecule is Cc1cc(C)cc(CC(O)c2cccc3ccccc23)c1. The predicted octanol–water partition coefficient (Wildman–Crippen LogP) is 4.73. The Kier molecular flexibility index (Phi) is 3.76. The molecule has 0 saturated carbocycles. The van der Waals surface area contributed by atoms with E-state index in [-0.39, 0.29) is 0 Å². The molecule has 1 nitrogen and oxygen atoms in total. The van der Waals surface area contributed by atoms with Crippen molar-refractivity contribution in [3.8, 4) is 0 Å². The van der Waals surface area contributed by atoms with Crippen molar-refractivity contribution in [2.45, 2.75) is 26.4 Å². The lowest BCUT2D eigenvalue weighted by atomic mass is 9.95. The molecule has 1 N–H and O–H groups in total. The number of benzene rings is 3. The minimum Gasteiger partial charge on any atom is -0.388 e. The summed E-state index contributed by atoms with van der Waals surface area (Å²) in [6, 6.07) is 20.8. The van der Waals surface area contributed by atoms with Crippen LogP contribution in [0.1, 0.15) is 28.4 Å². The molecular formula is C20H20O. The Morgan fingerprint density at radius 1 is 0.857 bits per heavy atom. The van der Waals surface area contributed by atoms with E-state index in [0.717, 1.165) is 10.9 Å². The Morgan fingerprint density at radius 2 is 1.52 bits per heavy atom. The van der Waals surface area contributed by atoms with E-state index >= 15 is 0 Å². The Labute approximate surface area is 125 Å². The molecule has 21 heavy (non-hydrogen) atoms. The molecule has 0 fully saturated rings. The maximum absolute atomic E-state index is 10.7. The summed E-state index contributed by atoms with van der Waals surface area (Å²) in [4.78, 5) is 0. The first-order chi connectivity index (χ1) is 10.1. The zero-order valence-corrected chi connectivity index (χ0v) is 12.5. The van der Waals surface area contributed by atoms with E-state index in [4.69, 9.17) is 0 Å². The lowest BCUT2D eigenvalue weighted by Gasteiger charge is -2.15. The minimum absolute atomic E-state index is 0.475. The fourth-order valence-corrected chi connectivity index (χ4v) is 3.06. The van der Waals surface area contributed by atoms with Crippen LogP contribution in [0, 0.1) is 13.8 Å². The lowest BCUT2D eigenvalue weighted by molar-refractivity contribution is 0.180. The van der Waals surface area contributed by atoms with Gasteiger partial charge in [0.2, 0.25) is 0 Å². The van der Waals surface area contributed by atoms with Gasteiger partial charge in [0, 0.05) is 6.42 Å². The highest BCUT2D eigenvalue weighted by Crippen LogP contribution is 2.27. The van der Waals surface area contributed by atoms with Crippen LogP contribution in [0.3, 0.4) is 0 Å². The van der Waals surface area contributed by atoms with Crippen LogP contribution in [-0.2, 0) is 6.42 Å². The van der Waals surface area contributed by atoms with Crippen molar-refractivity contribution in [1.82, 2.24) is 0 Å². The molecule has 3 aromatic rings. The topological polar surface area (TPSA) is 20.2 Å². The van der Waals surface area contributed by atoms with Crippen LogP contribution in [0.2, 0.25) is 0 Å². The molecule has 0 spiro atoms. The van der Waals surface area contributed by atoms with Gasteiger partial charge >= 0.3 is 0 Å². The number of aliphatic hydroxyl groups excluding tert-OH is 1. The average Bonchev–Trinajstić information content (AvgIpc) is 2.45. The van der Waals surface area contributed by atoms with Crippen molar-refractivity contribution in [3.05, 3.63) is 82.9 Å². The lowest BCUT2D eigenvalue weighted by Crippen LogP contribution is -2.03. The summed E-state index contributed by atoms with van der Waals surface area (Å²) in [6.45, 7) is 4.20. The number of rotatable bonds is 3. The van der Waals surface area contributed by atoms with E-state index in [2.05, 4.69) is 50.2 Å². The molecule has 0 aliphatic carbocycles. The maximum atomic E-state index is 10.7.